The van der Waals surface area contributed by atoms with Crippen LogP contribution < -0.4 is 5.73 Å². The maximum Gasteiger partial charge on any atom is 0.0390 e. The summed E-state index contributed by atoms with van der Waals surface area (Å²) in [5.41, 5.74) is 8.73. The second kappa shape index (κ2) is 3.24. The Hall–Kier alpha value is -1.24. The van der Waals surface area contributed by atoms with Crippen molar-refractivity contribution in [2.24, 2.45) is 0 Å². The molecule has 0 radical (unpaired) electrons. The Balaban J connectivity index is 3.03. The number of hydrogen-bond acceptors (Lipinski definition) is 1. The first-order chi connectivity index (χ1) is 5.25. The molecule has 0 aliphatic rings. The molecule has 0 unspecified atom stereocenters. The van der Waals surface area contributed by atoms with E-state index in [1.807, 2.05) is 24.3 Å². The molecular formula is C10H13N. The van der Waals surface area contributed by atoms with E-state index < -0.39 is 0 Å². The molecule has 0 heterocycles. The van der Waals surface area contributed by atoms with Gasteiger partial charge < -0.3 is 5.73 Å². The molecular weight excluding hydrogens is 134 g/mol. The minimum atomic E-state index is 0.819. The lowest BCUT2D eigenvalue weighted by molar-refractivity contribution is 1.25. The largest absolute Gasteiger partial charge is 0.398 e. The molecule has 0 fully saturated rings. The van der Waals surface area contributed by atoms with Crippen molar-refractivity contribution >= 4 is 11.3 Å². The topological polar surface area (TPSA) is 26.0 Å². The van der Waals surface area contributed by atoms with Gasteiger partial charge in [-0.1, -0.05) is 31.7 Å². The Morgan fingerprint density at radius 3 is 2.64 bits per heavy atom. The summed E-state index contributed by atoms with van der Waals surface area (Å²) in [5, 5.41) is 0. The van der Waals surface area contributed by atoms with Crippen LogP contribution in [-0.4, -0.2) is 0 Å². The third kappa shape index (κ3) is 1.61. The van der Waals surface area contributed by atoms with Crippen LogP contribution in [0.3, 0.4) is 0 Å². The molecule has 0 aromatic heterocycles. The van der Waals surface area contributed by atoms with Crippen molar-refractivity contribution in [3.8, 4) is 0 Å². The summed E-state index contributed by atoms with van der Waals surface area (Å²) < 4.78 is 0. The van der Waals surface area contributed by atoms with E-state index in [1.54, 1.807) is 0 Å². The number of rotatable bonds is 2. The van der Waals surface area contributed by atoms with E-state index in [9.17, 15) is 0 Å². The number of nitrogen functional groups attached to an aromatic ring is 1. The lowest BCUT2D eigenvalue weighted by Gasteiger charge is -2.05. The molecule has 0 atom stereocenters. The van der Waals surface area contributed by atoms with Gasteiger partial charge in [0.25, 0.3) is 0 Å². The van der Waals surface area contributed by atoms with Gasteiger partial charge in [-0.05, 0) is 23.6 Å². The predicted molar refractivity (Wildman–Crippen MR) is 50.2 cm³/mol. The lowest BCUT2D eigenvalue weighted by atomic mass is 10.0. The van der Waals surface area contributed by atoms with Crippen LogP contribution in [0.4, 0.5) is 5.69 Å². The SMILES string of the molecule is C=C(CC)c1ccccc1N. The minimum Gasteiger partial charge on any atom is -0.398 e. The summed E-state index contributed by atoms with van der Waals surface area (Å²) in [6.45, 7) is 6.00. The molecule has 0 saturated carbocycles. The van der Waals surface area contributed by atoms with Crippen molar-refractivity contribution in [2.45, 2.75) is 13.3 Å². The smallest absolute Gasteiger partial charge is 0.0390 e. The molecule has 1 nitrogen and oxygen atoms in total. The fourth-order valence-electron chi connectivity index (χ4n) is 1.01. The van der Waals surface area contributed by atoms with Gasteiger partial charge in [0.05, 0.1) is 0 Å². The average molecular weight is 147 g/mol. The van der Waals surface area contributed by atoms with Gasteiger partial charge in [0.15, 0.2) is 0 Å². The van der Waals surface area contributed by atoms with E-state index in [2.05, 4.69) is 13.5 Å². The van der Waals surface area contributed by atoms with Crippen LogP contribution in [0, 0.1) is 0 Å². The van der Waals surface area contributed by atoms with Crippen molar-refractivity contribution in [1.29, 1.82) is 0 Å². The van der Waals surface area contributed by atoms with Crippen molar-refractivity contribution in [2.75, 3.05) is 5.73 Å². The van der Waals surface area contributed by atoms with Gasteiger partial charge in [-0.15, -0.1) is 0 Å². The molecule has 1 aromatic rings. The molecule has 11 heavy (non-hydrogen) atoms. The fraction of sp³-hybridized carbons (Fsp3) is 0.200. The van der Waals surface area contributed by atoms with Crippen molar-refractivity contribution in [3.05, 3.63) is 36.4 Å². The fourth-order valence-corrected chi connectivity index (χ4v) is 1.01. The van der Waals surface area contributed by atoms with Crippen molar-refractivity contribution in [1.82, 2.24) is 0 Å². The highest BCUT2D eigenvalue weighted by atomic mass is 14.6. The van der Waals surface area contributed by atoms with Gasteiger partial charge >= 0.3 is 0 Å². The predicted octanol–water partition coefficient (Wildman–Crippen LogP) is 2.69. The van der Waals surface area contributed by atoms with Crippen LogP contribution in [0.1, 0.15) is 18.9 Å². The molecule has 1 rings (SSSR count). The summed E-state index contributed by atoms with van der Waals surface area (Å²) in [4.78, 5) is 0. The second-order valence-corrected chi connectivity index (χ2v) is 2.54. The molecule has 0 amide bonds. The van der Waals surface area contributed by atoms with Gasteiger partial charge in [-0.3, -0.25) is 0 Å². The van der Waals surface area contributed by atoms with Gasteiger partial charge in [-0.2, -0.15) is 0 Å². The summed E-state index contributed by atoms with van der Waals surface area (Å²) in [7, 11) is 0. The molecule has 2 N–H and O–H groups in total. The second-order valence-electron chi connectivity index (χ2n) is 2.54. The summed E-state index contributed by atoms with van der Waals surface area (Å²) in [6, 6.07) is 7.81. The number of benzene rings is 1. The van der Waals surface area contributed by atoms with Crippen LogP contribution in [0.25, 0.3) is 5.57 Å². The third-order valence-corrected chi connectivity index (χ3v) is 1.77. The Kier molecular flexibility index (Phi) is 2.32. The van der Waals surface area contributed by atoms with Crippen LogP contribution in [0.2, 0.25) is 0 Å². The Morgan fingerprint density at radius 2 is 2.09 bits per heavy atom. The van der Waals surface area contributed by atoms with Crippen molar-refractivity contribution < 1.29 is 0 Å². The molecule has 0 aliphatic carbocycles. The molecule has 1 heteroatoms. The van der Waals surface area contributed by atoms with Crippen molar-refractivity contribution in [3.63, 3.8) is 0 Å². The van der Waals surface area contributed by atoms with Gasteiger partial charge in [0, 0.05) is 5.69 Å². The number of allylic oxidation sites excluding steroid dienone is 1. The zero-order valence-corrected chi connectivity index (χ0v) is 6.80. The van der Waals surface area contributed by atoms with E-state index in [0.717, 1.165) is 23.2 Å². The summed E-state index contributed by atoms with van der Waals surface area (Å²) >= 11 is 0. The molecule has 1 aromatic carbocycles. The normalized spacial score (nSPS) is 9.55. The van der Waals surface area contributed by atoms with E-state index in [0.29, 0.717) is 0 Å². The zero-order valence-electron chi connectivity index (χ0n) is 6.80. The molecule has 0 saturated heterocycles. The number of nitrogens with two attached hydrogens (primary N) is 1. The van der Waals surface area contributed by atoms with Gasteiger partial charge in [-0.25, -0.2) is 0 Å². The molecule has 0 bridgehead atoms. The number of anilines is 1. The Labute approximate surface area is 67.5 Å². The minimum absolute atomic E-state index is 0.819. The van der Waals surface area contributed by atoms with Crippen LogP contribution in [-0.2, 0) is 0 Å². The highest BCUT2D eigenvalue weighted by Gasteiger charge is 1.98. The zero-order chi connectivity index (χ0) is 8.27. The first-order valence-corrected chi connectivity index (χ1v) is 3.78. The van der Waals surface area contributed by atoms with Gasteiger partial charge in [0.2, 0.25) is 0 Å². The highest BCUT2D eigenvalue weighted by molar-refractivity contribution is 5.73. The third-order valence-electron chi connectivity index (χ3n) is 1.77. The quantitative estimate of drug-likeness (QED) is 0.639. The first kappa shape index (κ1) is 7.86. The van der Waals surface area contributed by atoms with Crippen LogP contribution in [0.5, 0.6) is 0 Å². The summed E-state index contributed by atoms with van der Waals surface area (Å²) in [6.07, 6.45) is 0.953. The van der Waals surface area contributed by atoms with Crippen LogP contribution >= 0.6 is 0 Å². The molecule has 0 aliphatic heterocycles. The van der Waals surface area contributed by atoms with E-state index in [4.69, 9.17) is 5.73 Å². The Bertz CT molecular complexity index is 263. The Morgan fingerprint density at radius 1 is 1.45 bits per heavy atom. The standard InChI is InChI=1S/C10H13N/c1-3-8(2)9-6-4-5-7-10(9)11/h4-7H,2-3,11H2,1H3. The first-order valence-electron chi connectivity index (χ1n) is 3.78. The lowest BCUT2D eigenvalue weighted by Crippen LogP contribution is -1.91. The van der Waals surface area contributed by atoms with Gasteiger partial charge in [0.1, 0.15) is 0 Å². The number of para-hydroxylation sites is 1. The molecule has 0 spiro atoms. The summed E-state index contributed by atoms with van der Waals surface area (Å²) in [5.74, 6) is 0. The maximum atomic E-state index is 5.74. The van der Waals surface area contributed by atoms with Crippen LogP contribution in [0.15, 0.2) is 30.8 Å². The molecule has 58 valence electrons. The highest BCUT2D eigenvalue weighted by Crippen LogP contribution is 2.21. The monoisotopic (exact) mass is 147 g/mol. The average Bonchev–Trinajstić information content (AvgIpc) is 2.04. The number of hydrogen-bond donors (Lipinski definition) is 1. The van der Waals surface area contributed by atoms with E-state index in [1.165, 1.54) is 0 Å². The van der Waals surface area contributed by atoms with E-state index in [-0.39, 0.29) is 0 Å². The maximum absolute atomic E-state index is 5.74. The van der Waals surface area contributed by atoms with E-state index >= 15 is 0 Å².